The molecule has 0 aliphatic carbocycles. The monoisotopic (exact) mass is 1250 g/mol. The highest BCUT2D eigenvalue weighted by Gasteiger charge is 2.19. The molecule has 0 aromatic heterocycles. The van der Waals surface area contributed by atoms with Gasteiger partial charge in [0.1, 0.15) is 0 Å². The zero-order chi connectivity index (χ0) is 69.0. The first kappa shape index (κ1) is 76.3. The largest absolute Gasteiger partial charge is 0.478 e. The van der Waals surface area contributed by atoms with Gasteiger partial charge in [0.15, 0.2) is 0 Å². The molecule has 0 heterocycles. The Balaban J connectivity index is 0.000000799. The Morgan fingerprint density at radius 1 is 0.207 bits per heavy atom. The molecule has 92 heavy (non-hydrogen) atoms. The Kier molecular flexibility index (Phi) is 33.1. The average Bonchev–Trinajstić information content (AvgIpc) is 0.846. The van der Waals surface area contributed by atoms with Crippen molar-refractivity contribution < 1.29 is 68.4 Å². The van der Waals surface area contributed by atoms with Gasteiger partial charge in [-0.1, -0.05) is 146 Å². The number of carboxylic acid groups (broad SMARTS) is 4. The zero-order valence-corrected chi connectivity index (χ0v) is 53.5. The summed E-state index contributed by atoms with van der Waals surface area (Å²) in [4.78, 5) is 111. The molecule has 0 saturated heterocycles. The molecule has 0 saturated carbocycles. The van der Waals surface area contributed by atoms with Crippen LogP contribution in [0.5, 0.6) is 0 Å². The van der Waals surface area contributed by atoms with Gasteiger partial charge in [0.2, 0.25) is 38.5 Å². The first-order valence-electron chi connectivity index (χ1n) is 27.9. The van der Waals surface area contributed by atoms with Gasteiger partial charge in [-0.15, -0.1) is 0 Å². The van der Waals surface area contributed by atoms with Crippen molar-refractivity contribution in [2.75, 3.05) is 84.6 Å². The Morgan fingerprint density at radius 2 is 0.293 bits per heavy atom. The van der Waals surface area contributed by atoms with Crippen molar-refractivity contribution in [3.63, 3.8) is 0 Å². The van der Waals surface area contributed by atoms with Gasteiger partial charge in [-0.2, -0.15) is 0 Å². The molecule has 8 rings (SSSR count). The summed E-state index contributed by atoms with van der Waals surface area (Å²) in [6.07, 6.45) is 4.50. The number of benzene rings is 8. The number of carbonyl (C=O) groups excluding carboxylic acids is 6. The van der Waals surface area contributed by atoms with Crippen molar-refractivity contribution in [2.45, 2.75) is 0 Å². The highest BCUT2D eigenvalue weighted by Crippen LogP contribution is 2.40. The summed E-state index contributed by atoms with van der Waals surface area (Å²) in [5.41, 5.74) is 13.4. The summed E-state index contributed by atoms with van der Waals surface area (Å²) in [5, 5.41) is 37.8. The second-order valence-electron chi connectivity index (χ2n) is 21.0. The lowest BCUT2D eigenvalue weighted by Gasteiger charge is -2.20. The maximum atomic E-state index is 11.5. The molecule has 8 aromatic carbocycles. The Labute approximate surface area is 536 Å². The van der Waals surface area contributed by atoms with Crippen LogP contribution in [0.3, 0.4) is 0 Å². The number of hydrogen-bond donors (Lipinski definition) is 4. The van der Waals surface area contributed by atoms with E-state index in [4.69, 9.17) is 0 Å². The fraction of sp³-hybridized carbons (Fsp3) is 0.167. The minimum Gasteiger partial charge on any atom is -0.478 e. The Hall–Kier alpha value is -11.8. The van der Waals surface area contributed by atoms with Crippen LogP contribution in [0.25, 0.3) is 55.7 Å². The van der Waals surface area contributed by atoms with Crippen molar-refractivity contribution >= 4 is 73.5 Å². The van der Waals surface area contributed by atoms with Crippen LogP contribution in [-0.4, -0.2) is 197 Å². The van der Waals surface area contributed by atoms with Crippen LogP contribution >= 0.6 is 0 Å². The lowest BCUT2D eigenvalue weighted by Crippen LogP contribution is -2.06. The van der Waals surface area contributed by atoms with Crippen LogP contribution < -0.4 is 0 Å². The van der Waals surface area contributed by atoms with Crippen LogP contribution in [0.15, 0.2) is 194 Å². The molecule has 0 bridgehead atoms. The first-order chi connectivity index (χ1) is 43.6. The van der Waals surface area contributed by atoms with Gasteiger partial charge in [-0.05, 0) is 126 Å². The van der Waals surface area contributed by atoms with E-state index in [1.807, 2.05) is 97.1 Å². The summed E-state index contributed by atoms with van der Waals surface area (Å²) in [6.45, 7) is 0. The summed E-state index contributed by atoms with van der Waals surface area (Å²) in [5.74, 6) is -3.98. The third kappa shape index (κ3) is 26.7. The van der Waals surface area contributed by atoms with Gasteiger partial charge >= 0.3 is 23.9 Å². The maximum Gasteiger partial charge on any atom is 0.335 e. The number of amides is 6. The van der Waals surface area contributed by atoms with E-state index < -0.39 is 23.9 Å². The van der Waals surface area contributed by atoms with E-state index in [-0.39, 0.29) is 22.3 Å². The van der Waals surface area contributed by atoms with Gasteiger partial charge in [0, 0.05) is 84.6 Å². The highest BCUT2D eigenvalue weighted by atomic mass is 16.4. The molecular formula is C72H78N6O14. The average molecular weight is 1250 g/mol. The van der Waals surface area contributed by atoms with Crippen molar-refractivity contribution in [3.05, 3.63) is 239 Å². The number of hydrogen-bond acceptors (Lipinski definition) is 10. The van der Waals surface area contributed by atoms with Crippen LogP contribution in [0.1, 0.15) is 63.7 Å². The molecule has 0 aliphatic heterocycles. The molecule has 6 amide bonds. The van der Waals surface area contributed by atoms with E-state index in [2.05, 4.69) is 0 Å². The van der Waals surface area contributed by atoms with Crippen LogP contribution in [-0.2, 0) is 28.8 Å². The second kappa shape index (κ2) is 39.9. The normalized spacial score (nSPS) is 9.48. The highest BCUT2D eigenvalue weighted by molar-refractivity contribution is 6.05. The molecular weight excluding hydrogens is 1170 g/mol. The minimum atomic E-state index is -0.995. The number of rotatable bonds is 18. The molecule has 20 heteroatoms. The van der Waals surface area contributed by atoms with Crippen molar-refractivity contribution in [1.82, 2.24) is 29.4 Å². The van der Waals surface area contributed by atoms with Gasteiger partial charge < -0.3 is 49.8 Å². The molecule has 0 atom stereocenters. The molecule has 4 N–H and O–H groups in total. The van der Waals surface area contributed by atoms with E-state index in [0.717, 1.165) is 116 Å². The van der Waals surface area contributed by atoms with E-state index in [0.29, 0.717) is 0 Å². The quantitative estimate of drug-likeness (QED) is 0.0460. The lowest BCUT2D eigenvalue weighted by molar-refractivity contribution is -0.116. The summed E-state index contributed by atoms with van der Waals surface area (Å²) in [6, 6.07) is 59.4. The Morgan fingerprint density at radius 3 is 0.370 bits per heavy atom. The number of carboxylic acids is 4. The van der Waals surface area contributed by atoms with Gasteiger partial charge in [0.05, 0.1) is 22.3 Å². The molecule has 480 valence electrons. The fourth-order valence-electron chi connectivity index (χ4n) is 7.45. The van der Waals surface area contributed by atoms with E-state index >= 15 is 0 Å². The molecule has 0 aliphatic rings. The van der Waals surface area contributed by atoms with Gasteiger partial charge in [0.25, 0.3) is 0 Å². The van der Waals surface area contributed by atoms with Gasteiger partial charge in [-0.3, -0.25) is 28.8 Å². The molecule has 20 nitrogen and oxygen atoms in total. The van der Waals surface area contributed by atoms with Crippen LogP contribution in [0, 0.1) is 0 Å². The number of nitrogens with zero attached hydrogens (tertiary/aromatic N) is 6. The summed E-state index contributed by atoms with van der Waals surface area (Å²) in [7, 11) is 20.2. The molecule has 0 fully saturated rings. The first-order valence-corrected chi connectivity index (χ1v) is 27.9. The number of aromatic carboxylic acids is 4. The van der Waals surface area contributed by atoms with Gasteiger partial charge in [-0.25, -0.2) is 19.2 Å². The van der Waals surface area contributed by atoms with Crippen LogP contribution in [0.2, 0.25) is 0 Å². The van der Waals surface area contributed by atoms with E-state index in [1.165, 1.54) is 29.4 Å². The maximum absolute atomic E-state index is 11.5. The van der Waals surface area contributed by atoms with Crippen molar-refractivity contribution in [1.29, 1.82) is 0 Å². The zero-order valence-electron chi connectivity index (χ0n) is 53.5. The van der Waals surface area contributed by atoms with E-state index in [1.54, 1.807) is 182 Å². The SMILES string of the molecule is CN(C)C=O.CN(C)C=O.CN(C)C=O.CN(C)C=O.CN(C)C=O.CN(C)C=O.O=C(O)c1ccc(-c2ccc(C(=C(c3ccc(-c4ccc(C(=O)O)cc4)cc3)c3ccc(-c4ccc(C(=O)O)cc4)cc3)c3ccc(-c4ccc(C(=O)O)cc4)cc3)cc2)cc1. The summed E-state index contributed by atoms with van der Waals surface area (Å²) >= 11 is 0. The predicted octanol–water partition coefficient (Wildman–Crippen LogP) is 10.4. The predicted molar refractivity (Wildman–Crippen MR) is 359 cm³/mol. The lowest BCUT2D eigenvalue weighted by atomic mass is 9.84. The Bertz CT molecular complexity index is 3150. The fourth-order valence-corrected chi connectivity index (χ4v) is 7.45. The molecule has 0 radical (unpaired) electrons. The second-order valence-corrected chi connectivity index (χ2v) is 21.0. The third-order valence-corrected chi connectivity index (χ3v) is 12.1. The van der Waals surface area contributed by atoms with Crippen molar-refractivity contribution in [3.8, 4) is 44.5 Å². The van der Waals surface area contributed by atoms with Crippen LogP contribution in [0.4, 0.5) is 0 Å². The molecule has 0 spiro atoms. The topological polar surface area (TPSA) is 271 Å². The smallest absolute Gasteiger partial charge is 0.335 e. The van der Waals surface area contributed by atoms with Crippen molar-refractivity contribution in [2.24, 2.45) is 0 Å². The third-order valence-electron chi connectivity index (χ3n) is 12.1. The standard InChI is InChI=1S/C54H36O8.6C3H7NO/c55-51(56)45-25-9-37(10-26-45)33-1-17-41(18-2-33)49(42-19-3-34(4-20-42)38-11-27-46(28-12-38)52(57)58)50(43-21-5-35(6-22-43)39-13-29-47(30-14-39)53(59)60)44-23-7-36(8-24-44)40-15-31-48(32-16-40)54(61)62;6*1-4(2)3-5/h1-32H,(H,55,56)(H,57,58)(H,59,60)(H,61,62);6*3H,1-2H3. The van der Waals surface area contributed by atoms with E-state index in [9.17, 15) is 68.4 Å². The number of carbonyl (C=O) groups is 10. The summed E-state index contributed by atoms with van der Waals surface area (Å²) < 4.78 is 0. The molecule has 0 unspecified atom stereocenters. The molecule has 8 aromatic rings. The minimum absolute atomic E-state index is 0.202.